The van der Waals surface area contributed by atoms with Crippen molar-refractivity contribution in [1.29, 1.82) is 0 Å². The van der Waals surface area contributed by atoms with Crippen molar-refractivity contribution in [2.24, 2.45) is 0 Å². The van der Waals surface area contributed by atoms with Crippen molar-refractivity contribution >= 4 is 58.7 Å². The average Bonchev–Trinajstić information content (AvgIpc) is 1.92. The predicted octanol–water partition coefficient (Wildman–Crippen LogP) is 0.361. The van der Waals surface area contributed by atoms with Crippen molar-refractivity contribution in [1.82, 2.24) is 0 Å². The topological polar surface area (TPSA) is 149 Å². The summed E-state index contributed by atoms with van der Waals surface area (Å²) in [5.74, 6) is 0. The van der Waals surface area contributed by atoms with Crippen molar-refractivity contribution in [3.8, 4) is 0 Å². The standard InChI is InChI=1S/4HO2P.Sn/c4*1-3-2;/h4*(H,1,2);/q;;;;+4. The fourth-order valence-corrected chi connectivity index (χ4v) is 0. The Morgan fingerprint density at radius 1 is 0.538 bits per heavy atom. The minimum absolute atomic E-state index is 0. The SMILES string of the molecule is O=PO.O=PO.O=PO.O=PO.[Sn+4]. The molecule has 0 amide bonds. The summed E-state index contributed by atoms with van der Waals surface area (Å²) < 4.78 is 33.8. The first-order chi connectivity index (χ1) is 5.66. The first-order valence-electron chi connectivity index (χ1n) is 1.53. The summed E-state index contributed by atoms with van der Waals surface area (Å²) in [5.41, 5.74) is 0. The fourth-order valence-electron chi connectivity index (χ4n) is 0. The third-order valence-corrected chi connectivity index (χ3v) is 0. The Morgan fingerprint density at radius 3 is 0.538 bits per heavy atom. The van der Waals surface area contributed by atoms with Crippen LogP contribution in [-0.2, 0) is 18.3 Å². The van der Waals surface area contributed by atoms with Gasteiger partial charge in [-0.1, -0.05) is 0 Å². The molecular weight excluding hydrogens is 371 g/mol. The molecular formula is H4O8P4Sn+4. The molecule has 0 bridgehead atoms. The van der Waals surface area contributed by atoms with Crippen molar-refractivity contribution in [3.05, 3.63) is 0 Å². The molecule has 0 aliphatic carbocycles. The third-order valence-electron chi connectivity index (χ3n) is 0. The second kappa shape index (κ2) is 74.4. The van der Waals surface area contributed by atoms with E-state index in [2.05, 4.69) is 0 Å². The van der Waals surface area contributed by atoms with Gasteiger partial charge in [-0.2, -0.15) is 0 Å². The molecule has 0 aromatic carbocycles. The molecule has 0 aliphatic heterocycles. The molecule has 0 unspecified atom stereocenters. The van der Waals surface area contributed by atoms with Gasteiger partial charge in [-0.15, -0.1) is 0 Å². The molecule has 0 spiro atoms. The average molecular weight is 375 g/mol. The van der Waals surface area contributed by atoms with Gasteiger partial charge in [0.15, 0.2) is 0 Å². The van der Waals surface area contributed by atoms with E-state index in [4.69, 9.17) is 37.8 Å². The zero-order valence-electron chi connectivity index (χ0n) is 5.71. The van der Waals surface area contributed by atoms with Gasteiger partial charge in [-0.25, -0.2) is 18.3 Å². The Morgan fingerprint density at radius 2 is 0.538 bits per heavy atom. The van der Waals surface area contributed by atoms with Gasteiger partial charge in [0.25, 0.3) is 0 Å². The molecule has 0 aliphatic rings. The van der Waals surface area contributed by atoms with Crippen molar-refractivity contribution < 1.29 is 37.8 Å². The first kappa shape index (κ1) is 29.2. The fraction of sp³-hybridized carbons (Fsp3) is 0. The van der Waals surface area contributed by atoms with Gasteiger partial charge >= 0.3 is 58.7 Å². The van der Waals surface area contributed by atoms with E-state index < -0.39 is 34.7 Å². The maximum Gasteiger partial charge on any atom is 4.00 e. The summed E-state index contributed by atoms with van der Waals surface area (Å²) in [6, 6.07) is 0. The van der Waals surface area contributed by atoms with Gasteiger partial charge in [0, 0.05) is 0 Å². The van der Waals surface area contributed by atoms with Crippen LogP contribution in [-0.4, -0.2) is 43.5 Å². The molecule has 0 aromatic rings. The molecule has 72 valence electrons. The molecule has 4 N–H and O–H groups in total. The minimum Gasteiger partial charge on any atom is -0.310 e. The van der Waals surface area contributed by atoms with Gasteiger partial charge < -0.3 is 19.6 Å². The first-order valence-corrected chi connectivity index (χ1v) is 4.59. The van der Waals surface area contributed by atoms with Crippen LogP contribution >= 0.6 is 34.7 Å². The third kappa shape index (κ3) is 1470. The van der Waals surface area contributed by atoms with E-state index in [1.165, 1.54) is 0 Å². The predicted molar refractivity (Wildman–Crippen MR) is 45.1 cm³/mol. The van der Waals surface area contributed by atoms with Crippen molar-refractivity contribution in [2.75, 3.05) is 0 Å². The molecule has 0 saturated carbocycles. The molecule has 0 heterocycles. The quantitative estimate of drug-likeness (QED) is 0.351. The zero-order chi connectivity index (χ0) is 10.8. The summed E-state index contributed by atoms with van der Waals surface area (Å²) in [6.07, 6.45) is 0. The Hall–Kier alpha value is 1.04. The summed E-state index contributed by atoms with van der Waals surface area (Å²) in [6.45, 7) is 0. The van der Waals surface area contributed by atoms with Gasteiger partial charge in [0.2, 0.25) is 0 Å². The Bertz CT molecular complexity index is 70.1. The largest absolute Gasteiger partial charge is 4.00 e. The number of hydrogen-bond donors (Lipinski definition) is 4. The van der Waals surface area contributed by atoms with Crippen LogP contribution in [0.25, 0.3) is 0 Å². The molecule has 0 fully saturated rings. The van der Waals surface area contributed by atoms with Crippen LogP contribution in [0.2, 0.25) is 0 Å². The Balaban J connectivity index is -0.0000000213. The Kier molecular flexibility index (Phi) is 167. The van der Waals surface area contributed by atoms with Crippen LogP contribution in [0.15, 0.2) is 0 Å². The van der Waals surface area contributed by atoms with E-state index in [1.807, 2.05) is 0 Å². The van der Waals surface area contributed by atoms with E-state index in [9.17, 15) is 0 Å². The Labute approximate surface area is 96.5 Å². The molecule has 13 heavy (non-hydrogen) atoms. The molecule has 13 heteroatoms. The van der Waals surface area contributed by atoms with E-state index >= 15 is 0 Å². The normalized spacial score (nSPS) is 6.46. The van der Waals surface area contributed by atoms with Gasteiger partial charge in [0.1, 0.15) is 0 Å². The van der Waals surface area contributed by atoms with Crippen LogP contribution in [0.5, 0.6) is 0 Å². The number of rotatable bonds is 0. The van der Waals surface area contributed by atoms with Crippen LogP contribution in [0.4, 0.5) is 0 Å². The summed E-state index contributed by atoms with van der Waals surface area (Å²) in [5, 5.41) is 0. The van der Waals surface area contributed by atoms with Gasteiger partial charge in [0.05, 0.1) is 0 Å². The van der Waals surface area contributed by atoms with E-state index in [-0.39, 0.29) is 23.9 Å². The van der Waals surface area contributed by atoms with Crippen LogP contribution in [0.3, 0.4) is 0 Å². The molecule has 0 atom stereocenters. The summed E-state index contributed by atoms with van der Waals surface area (Å²) in [4.78, 5) is 27.9. The smallest absolute Gasteiger partial charge is 0.310 e. The second-order valence-corrected chi connectivity index (χ2v) is 0.980. The van der Waals surface area contributed by atoms with Crippen molar-refractivity contribution in [2.45, 2.75) is 0 Å². The maximum absolute atomic E-state index is 8.46. The maximum atomic E-state index is 8.46. The number of hydrogen-bond acceptors (Lipinski definition) is 4. The van der Waals surface area contributed by atoms with Crippen LogP contribution in [0.1, 0.15) is 0 Å². The molecule has 0 aromatic heterocycles. The van der Waals surface area contributed by atoms with Crippen LogP contribution in [0, 0.1) is 0 Å². The van der Waals surface area contributed by atoms with E-state index in [0.29, 0.717) is 0 Å². The van der Waals surface area contributed by atoms with Gasteiger partial charge in [-0.05, 0) is 0 Å². The molecule has 8 nitrogen and oxygen atoms in total. The minimum atomic E-state index is -0.833. The second-order valence-electron chi connectivity index (χ2n) is 0.327. The molecule has 0 rings (SSSR count). The van der Waals surface area contributed by atoms with Crippen molar-refractivity contribution in [3.63, 3.8) is 0 Å². The van der Waals surface area contributed by atoms with E-state index in [0.717, 1.165) is 0 Å². The van der Waals surface area contributed by atoms with E-state index in [1.54, 1.807) is 0 Å². The van der Waals surface area contributed by atoms with Gasteiger partial charge in [-0.3, -0.25) is 0 Å². The van der Waals surface area contributed by atoms with Crippen LogP contribution < -0.4 is 0 Å². The molecule has 0 radical (unpaired) electrons. The summed E-state index contributed by atoms with van der Waals surface area (Å²) in [7, 11) is -3.33. The monoisotopic (exact) mass is 376 g/mol. The zero-order valence-corrected chi connectivity index (χ0v) is 12.1. The molecule has 0 saturated heterocycles. The summed E-state index contributed by atoms with van der Waals surface area (Å²) >= 11 is 0.